The molecule has 1 aromatic carbocycles. The van der Waals surface area contributed by atoms with E-state index in [1.165, 1.54) is 7.11 Å². The van der Waals surface area contributed by atoms with Crippen LogP contribution in [0.1, 0.15) is 45.7 Å². The second-order valence-corrected chi connectivity index (χ2v) is 7.30. The number of amides is 1. The standard InChI is InChI=1S/C18H27NO5/c1-11-8-9-12(18(5,6)14(20)15(21)23-7)10-13(11)19-16(22)24-17(2,3)4/h8-10,14,20H,1-7H3,(H,19,22). The van der Waals surface area contributed by atoms with Crippen LogP contribution in [-0.4, -0.2) is 36.0 Å². The zero-order chi connectivity index (χ0) is 18.7. The second-order valence-electron chi connectivity index (χ2n) is 7.30. The lowest BCUT2D eigenvalue weighted by Crippen LogP contribution is -2.40. The van der Waals surface area contributed by atoms with Gasteiger partial charge in [0, 0.05) is 11.1 Å². The van der Waals surface area contributed by atoms with E-state index in [1.807, 2.05) is 19.1 Å². The molecule has 0 saturated heterocycles. The summed E-state index contributed by atoms with van der Waals surface area (Å²) < 4.78 is 9.87. The molecule has 2 N–H and O–H groups in total. The number of ether oxygens (including phenoxy) is 2. The Kier molecular flexibility index (Phi) is 6.00. The van der Waals surface area contributed by atoms with E-state index in [0.29, 0.717) is 11.3 Å². The number of benzene rings is 1. The van der Waals surface area contributed by atoms with E-state index in [2.05, 4.69) is 10.1 Å². The lowest BCUT2D eigenvalue weighted by molar-refractivity contribution is -0.153. The minimum Gasteiger partial charge on any atom is -0.467 e. The van der Waals surface area contributed by atoms with Crippen molar-refractivity contribution in [2.75, 3.05) is 12.4 Å². The van der Waals surface area contributed by atoms with Gasteiger partial charge < -0.3 is 14.6 Å². The summed E-state index contributed by atoms with van der Waals surface area (Å²) in [6, 6.07) is 5.35. The Morgan fingerprint density at radius 1 is 1.17 bits per heavy atom. The molecule has 0 aliphatic heterocycles. The van der Waals surface area contributed by atoms with E-state index >= 15 is 0 Å². The Labute approximate surface area is 143 Å². The van der Waals surface area contributed by atoms with Crippen molar-refractivity contribution in [1.29, 1.82) is 0 Å². The Balaban J connectivity index is 3.09. The quantitative estimate of drug-likeness (QED) is 0.825. The molecule has 0 aromatic heterocycles. The van der Waals surface area contributed by atoms with Crippen molar-refractivity contribution in [3.8, 4) is 0 Å². The molecule has 6 heteroatoms. The Morgan fingerprint density at radius 2 is 1.75 bits per heavy atom. The lowest BCUT2D eigenvalue weighted by atomic mass is 9.79. The number of anilines is 1. The highest BCUT2D eigenvalue weighted by molar-refractivity contribution is 5.86. The fraction of sp³-hybridized carbons (Fsp3) is 0.556. The molecule has 1 amide bonds. The van der Waals surface area contributed by atoms with Gasteiger partial charge in [0.25, 0.3) is 0 Å². The number of nitrogens with one attached hydrogen (secondary N) is 1. The summed E-state index contributed by atoms with van der Waals surface area (Å²) in [5.74, 6) is -0.706. The van der Waals surface area contributed by atoms with E-state index in [4.69, 9.17) is 4.74 Å². The number of methoxy groups -OCH3 is 1. The lowest BCUT2D eigenvalue weighted by Gasteiger charge is -2.30. The molecule has 0 fully saturated rings. The smallest absolute Gasteiger partial charge is 0.412 e. The van der Waals surface area contributed by atoms with E-state index in [-0.39, 0.29) is 0 Å². The van der Waals surface area contributed by atoms with Gasteiger partial charge in [0.15, 0.2) is 6.10 Å². The zero-order valence-corrected chi connectivity index (χ0v) is 15.4. The van der Waals surface area contributed by atoms with Crippen molar-refractivity contribution in [2.45, 2.75) is 58.7 Å². The number of carbonyl (C=O) groups is 2. The first kappa shape index (κ1) is 20.0. The van der Waals surface area contributed by atoms with E-state index in [1.54, 1.807) is 40.7 Å². The average molecular weight is 337 g/mol. The third-order valence-electron chi connectivity index (χ3n) is 3.73. The molecule has 6 nitrogen and oxygen atoms in total. The molecule has 0 radical (unpaired) electrons. The number of hydrogen-bond donors (Lipinski definition) is 2. The van der Waals surface area contributed by atoms with Gasteiger partial charge >= 0.3 is 12.1 Å². The maximum absolute atomic E-state index is 12.0. The van der Waals surface area contributed by atoms with Crippen molar-refractivity contribution in [1.82, 2.24) is 0 Å². The molecule has 1 atom stereocenters. The summed E-state index contributed by atoms with van der Waals surface area (Å²) >= 11 is 0. The van der Waals surface area contributed by atoms with Crippen LogP contribution < -0.4 is 5.32 Å². The van der Waals surface area contributed by atoms with Gasteiger partial charge in [-0.1, -0.05) is 26.0 Å². The molecule has 134 valence electrons. The predicted molar refractivity (Wildman–Crippen MR) is 92.1 cm³/mol. The third kappa shape index (κ3) is 4.96. The average Bonchev–Trinajstić information content (AvgIpc) is 2.45. The number of aryl methyl sites for hydroxylation is 1. The van der Waals surface area contributed by atoms with Gasteiger partial charge in [0.1, 0.15) is 5.60 Å². The van der Waals surface area contributed by atoms with Crippen LogP contribution in [0.4, 0.5) is 10.5 Å². The minimum absolute atomic E-state index is 0.561. The first-order valence-electron chi connectivity index (χ1n) is 7.75. The minimum atomic E-state index is -1.32. The summed E-state index contributed by atoms with van der Waals surface area (Å²) in [5, 5.41) is 12.9. The molecule has 0 heterocycles. The molecule has 0 saturated carbocycles. The van der Waals surface area contributed by atoms with Crippen LogP contribution in [0.15, 0.2) is 18.2 Å². The summed E-state index contributed by atoms with van der Waals surface area (Å²) in [4.78, 5) is 23.6. The maximum atomic E-state index is 12.0. The van der Waals surface area contributed by atoms with Gasteiger partial charge in [-0.05, 0) is 44.9 Å². The summed E-state index contributed by atoms with van der Waals surface area (Å²) in [6.45, 7) is 10.7. The number of hydrogen-bond acceptors (Lipinski definition) is 5. The Bertz CT molecular complexity index is 616. The first-order chi connectivity index (χ1) is 10.9. The second kappa shape index (κ2) is 7.21. The van der Waals surface area contributed by atoms with E-state index in [9.17, 15) is 14.7 Å². The van der Waals surface area contributed by atoms with Crippen molar-refractivity contribution in [3.05, 3.63) is 29.3 Å². The van der Waals surface area contributed by atoms with Gasteiger partial charge in [0.05, 0.1) is 7.11 Å². The van der Waals surface area contributed by atoms with Crippen molar-refractivity contribution in [2.24, 2.45) is 0 Å². The highest BCUT2D eigenvalue weighted by atomic mass is 16.6. The maximum Gasteiger partial charge on any atom is 0.412 e. The normalized spacial score (nSPS) is 13.2. The topological polar surface area (TPSA) is 84.9 Å². The number of rotatable bonds is 4. The van der Waals surface area contributed by atoms with Crippen molar-refractivity contribution in [3.63, 3.8) is 0 Å². The van der Waals surface area contributed by atoms with Gasteiger partial charge in [0.2, 0.25) is 0 Å². The van der Waals surface area contributed by atoms with Crippen molar-refractivity contribution >= 4 is 17.7 Å². The molecule has 1 unspecified atom stereocenters. The first-order valence-corrected chi connectivity index (χ1v) is 7.75. The van der Waals surface area contributed by atoms with Gasteiger partial charge in [-0.15, -0.1) is 0 Å². The largest absolute Gasteiger partial charge is 0.467 e. The van der Waals surface area contributed by atoms with Crippen LogP contribution >= 0.6 is 0 Å². The third-order valence-corrected chi connectivity index (χ3v) is 3.73. The summed E-state index contributed by atoms with van der Waals surface area (Å²) in [5.41, 5.74) is 0.609. The summed E-state index contributed by atoms with van der Waals surface area (Å²) in [6.07, 6.45) is -1.88. The highest BCUT2D eigenvalue weighted by Crippen LogP contribution is 2.31. The van der Waals surface area contributed by atoms with Crippen molar-refractivity contribution < 1.29 is 24.2 Å². The Morgan fingerprint density at radius 3 is 2.25 bits per heavy atom. The van der Waals surface area contributed by atoms with Crippen LogP contribution in [0.25, 0.3) is 0 Å². The highest BCUT2D eigenvalue weighted by Gasteiger charge is 2.36. The number of aliphatic hydroxyl groups is 1. The number of aliphatic hydroxyl groups excluding tert-OH is 1. The monoisotopic (exact) mass is 337 g/mol. The van der Waals surface area contributed by atoms with Gasteiger partial charge in [-0.25, -0.2) is 9.59 Å². The zero-order valence-electron chi connectivity index (χ0n) is 15.4. The molecule has 0 bridgehead atoms. The van der Waals surface area contributed by atoms with Crippen LogP contribution in [0.2, 0.25) is 0 Å². The molecular formula is C18H27NO5. The van der Waals surface area contributed by atoms with Gasteiger partial charge in [-0.3, -0.25) is 5.32 Å². The molecular weight excluding hydrogens is 310 g/mol. The SMILES string of the molecule is COC(=O)C(O)C(C)(C)c1ccc(C)c(NC(=O)OC(C)(C)C)c1. The Hall–Kier alpha value is -2.08. The van der Waals surface area contributed by atoms with Crippen LogP contribution in [0.5, 0.6) is 0 Å². The molecule has 0 aliphatic carbocycles. The number of carbonyl (C=O) groups excluding carboxylic acids is 2. The molecule has 0 spiro atoms. The fourth-order valence-electron chi connectivity index (χ4n) is 2.14. The van der Waals surface area contributed by atoms with Crippen LogP contribution in [0, 0.1) is 6.92 Å². The van der Waals surface area contributed by atoms with Crippen LogP contribution in [0.3, 0.4) is 0 Å². The van der Waals surface area contributed by atoms with Gasteiger partial charge in [-0.2, -0.15) is 0 Å². The number of esters is 1. The predicted octanol–water partition coefficient (Wildman–Crippen LogP) is 3.15. The molecule has 1 rings (SSSR count). The van der Waals surface area contributed by atoms with E-state index in [0.717, 1.165) is 5.56 Å². The molecule has 0 aliphatic rings. The fourth-order valence-corrected chi connectivity index (χ4v) is 2.14. The summed E-state index contributed by atoms with van der Waals surface area (Å²) in [7, 11) is 1.23. The molecule has 1 aromatic rings. The molecule has 24 heavy (non-hydrogen) atoms. The van der Waals surface area contributed by atoms with E-state index < -0.39 is 29.2 Å². The van der Waals surface area contributed by atoms with Crippen LogP contribution in [-0.2, 0) is 19.7 Å².